The fourth-order valence-corrected chi connectivity index (χ4v) is 1.21. The van der Waals surface area contributed by atoms with Gasteiger partial charge in [0, 0.05) is 5.88 Å². The molecule has 1 unspecified atom stereocenters. The first-order valence-electron chi connectivity index (χ1n) is 5.04. The van der Waals surface area contributed by atoms with Gasteiger partial charge in [0.25, 0.3) is 0 Å². The summed E-state index contributed by atoms with van der Waals surface area (Å²) in [5.41, 5.74) is 1.13. The second kappa shape index (κ2) is 5.92. The van der Waals surface area contributed by atoms with E-state index in [0.717, 1.165) is 24.3 Å². The number of alkyl halides is 1. The Hall–Kier alpha value is -0.690. The van der Waals surface area contributed by atoms with Crippen LogP contribution >= 0.6 is 11.6 Å². The zero-order valence-corrected chi connectivity index (χ0v) is 9.55. The van der Waals surface area contributed by atoms with Crippen molar-refractivity contribution in [3.63, 3.8) is 0 Å². The number of ether oxygens (including phenoxy) is 1. The van der Waals surface area contributed by atoms with Crippen LogP contribution in [0.15, 0.2) is 24.3 Å². The highest BCUT2D eigenvalue weighted by Gasteiger charge is 1.99. The van der Waals surface area contributed by atoms with E-state index in [-0.39, 0.29) is 0 Å². The van der Waals surface area contributed by atoms with Crippen LogP contribution in [-0.4, -0.2) is 6.61 Å². The average molecular weight is 213 g/mol. The molecule has 0 saturated heterocycles. The second-order valence-electron chi connectivity index (χ2n) is 3.60. The van der Waals surface area contributed by atoms with Crippen LogP contribution in [0.4, 0.5) is 0 Å². The third-order valence-corrected chi connectivity index (χ3v) is 2.62. The lowest BCUT2D eigenvalue weighted by atomic mass is 10.1. The van der Waals surface area contributed by atoms with E-state index in [9.17, 15) is 0 Å². The smallest absolute Gasteiger partial charge is 0.119 e. The molecule has 1 atom stereocenters. The molecule has 1 aromatic rings. The molecule has 0 radical (unpaired) electrons. The standard InChI is InChI=1S/C12H17ClO/c1-3-10(2)9-14-12-6-4-11(8-13)5-7-12/h4-7,10H,3,8-9H2,1-2H3. The van der Waals surface area contributed by atoms with Crippen LogP contribution in [0.25, 0.3) is 0 Å². The highest BCUT2D eigenvalue weighted by molar-refractivity contribution is 6.17. The van der Waals surface area contributed by atoms with Crippen molar-refractivity contribution < 1.29 is 4.74 Å². The van der Waals surface area contributed by atoms with Crippen LogP contribution < -0.4 is 4.74 Å². The molecule has 0 bridgehead atoms. The van der Waals surface area contributed by atoms with Gasteiger partial charge in [-0.1, -0.05) is 32.4 Å². The average Bonchev–Trinajstić information content (AvgIpc) is 2.26. The number of benzene rings is 1. The molecule has 78 valence electrons. The van der Waals surface area contributed by atoms with E-state index in [1.54, 1.807) is 0 Å². The summed E-state index contributed by atoms with van der Waals surface area (Å²) in [6.45, 7) is 5.15. The van der Waals surface area contributed by atoms with Gasteiger partial charge in [0.2, 0.25) is 0 Å². The van der Waals surface area contributed by atoms with Crippen LogP contribution in [-0.2, 0) is 5.88 Å². The first-order valence-corrected chi connectivity index (χ1v) is 5.57. The molecule has 0 aliphatic carbocycles. The minimum Gasteiger partial charge on any atom is -0.493 e. The number of hydrogen-bond acceptors (Lipinski definition) is 1. The summed E-state index contributed by atoms with van der Waals surface area (Å²) >= 11 is 5.69. The molecule has 0 fully saturated rings. The van der Waals surface area contributed by atoms with Crippen molar-refractivity contribution in [2.45, 2.75) is 26.1 Å². The molecule has 1 nitrogen and oxygen atoms in total. The molecule has 1 aromatic carbocycles. The highest BCUT2D eigenvalue weighted by atomic mass is 35.5. The summed E-state index contributed by atoms with van der Waals surface area (Å²) in [6.07, 6.45) is 1.15. The molecule has 0 aromatic heterocycles. The molecule has 0 amide bonds. The van der Waals surface area contributed by atoms with E-state index in [1.165, 1.54) is 0 Å². The molecule has 14 heavy (non-hydrogen) atoms. The van der Waals surface area contributed by atoms with Gasteiger partial charge in [-0.2, -0.15) is 0 Å². The monoisotopic (exact) mass is 212 g/mol. The number of hydrogen-bond donors (Lipinski definition) is 0. The molecule has 0 spiro atoms. The van der Waals surface area contributed by atoms with Crippen molar-refractivity contribution in [3.8, 4) is 5.75 Å². The van der Waals surface area contributed by atoms with E-state index in [2.05, 4.69) is 13.8 Å². The Bertz CT molecular complexity index is 256. The van der Waals surface area contributed by atoms with Gasteiger partial charge in [0.05, 0.1) is 6.61 Å². The van der Waals surface area contributed by atoms with E-state index in [0.29, 0.717) is 11.8 Å². The molecule has 0 aliphatic heterocycles. The van der Waals surface area contributed by atoms with Gasteiger partial charge >= 0.3 is 0 Å². The number of rotatable bonds is 5. The normalized spacial score (nSPS) is 12.5. The molecule has 0 aliphatic rings. The fourth-order valence-electron chi connectivity index (χ4n) is 1.03. The maximum absolute atomic E-state index is 5.69. The summed E-state index contributed by atoms with van der Waals surface area (Å²) in [4.78, 5) is 0. The molecule has 2 heteroatoms. The van der Waals surface area contributed by atoms with Gasteiger partial charge in [0.15, 0.2) is 0 Å². The predicted octanol–water partition coefficient (Wildman–Crippen LogP) is 3.85. The second-order valence-corrected chi connectivity index (χ2v) is 3.87. The Balaban J connectivity index is 2.43. The lowest BCUT2D eigenvalue weighted by Crippen LogP contribution is -2.07. The third kappa shape index (κ3) is 3.59. The van der Waals surface area contributed by atoms with Crippen LogP contribution in [0.2, 0.25) is 0 Å². The van der Waals surface area contributed by atoms with E-state index in [1.807, 2.05) is 24.3 Å². The van der Waals surface area contributed by atoms with Crippen LogP contribution in [0.1, 0.15) is 25.8 Å². The Kier molecular flexibility index (Phi) is 4.81. The molecule has 0 saturated carbocycles. The van der Waals surface area contributed by atoms with Crippen molar-refractivity contribution in [2.24, 2.45) is 5.92 Å². The van der Waals surface area contributed by atoms with Crippen LogP contribution in [0.3, 0.4) is 0 Å². The minimum absolute atomic E-state index is 0.561. The number of halogens is 1. The summed E-state index contributed by atoms with van der Waals surface area (Å²) in [5.74, 6) is 2.10. The van der Waals surface area contributed by atoms with E-state index >= 15 is 0 Å². The van der Waals surface area contributed by atoms with Gasteiger partial charge in [0.1, 0.15) is 5.75 Å². The zero-order chi connectivity index (χ0) is 10.4. The van der Waals surface area contributed by atoms with Crippen molar-refractivity contribution in [1.29, 1.82) is 0 Å². The van der Waals surface area contributed by atoms with Gasteiger partial charge in [-0.05, 0) is 23.6 Å². The first kappa shape index (κ1) is 11.4. The maximum atomic E-state index is 5.69. The predicted molar refractivity (Wildman–Crippen MR) is 60.9 cm³/mol. The Morgan fingerprint density at radius 3 is 2.43 bits per heavy atom. The van der Waals surface area contributed by atoms with Crippen molar-refractivity contribution >= 4 is 11.6 Å². The van der Waals surface area contributed by atoms with Crippen molar-refractivity contribution in [1.82, 2.24) is 0 Å². The van der Waals surface area contributed by atoms with Gasteiger partial charge in [-0.25, -0.2) is 0 Å². The van der Waals surface area contributed by atoms with Gasteiger partial charge < -0.3 is 4.74 Å². The van der Waals surface area contributed by atoms with Crippen LogP contribution in [0.5, 0.6) is 5.75 Å². The summed E-state index contributed by atoms with van der Waals surface area (Å²) in [5, 5.41) is 0. The van der Waals surface area contributed by atoms with Crippen LogP contribution in [0, 0.1) is 5.92 Å². The molecule has 0 N–H and O–H groups in total. The lowest BCUT2D eigenvalue weighted by molar-refractivity contribution is 0.256. The quantitative estimate of drug-likeness (QED) is 0.674. The summed E-state index contributed by atoms with van der Waals surface area (Å²) < 4.78 is 5.62. The topological polar surface area (TPSA) is 9.23 Å². The van der Waals surface area contributed by atoms with Crippen molar-refractivity contribution in [3.05, 3.63) is 29.8 Å². The molecular formula is C12H17ClO. The SMILES string of the molecule is CCC(C)COc1ccc(CCl)cc1. The molecule has 1 rings (SSSR count). The Labute approximate surface area is 91.0 Å². The maximum Gasteiger partial charge on any atom is 0.119 e. The first-order chi connectivity index (χ1) is 6.76. The fraction of sp³-hybridized carbons (Fsp3) is 0.500. The minimum atomic E-state index is 0.561. The zero-order valence-electron chi connectivity index (χ0n) is 8.79. The Morgan fingerprint density at radius 2 is 1.93 bits per heavy atom. The largest absolute Gasteiger partial charge is 0.493 e. The van der Waals surface area contributed by atoms with E-state index < -0.39 is 0 Å². The molecular weight excluding hydrogens is 196 g/mol. The van der Waals surface area contributed by atoms with Gasteiger partial charge in [-0.3, -0.25) is 0 Å². The highest BCUT2D eigenvalue weighted by Crippen LogP contribution is 2.14. The summed E-state index contributed by atoms with van der Waals surface area (Å²) in [7, 11) is 0. The van der Waals surface area contributed by atoms with Crippen molar-refractivity contribution in [2.75, 3.05) is 6.61 Å². The Morgan fingerprint density at radius 1 is 1.29 bits per heavy atom. The summed E-state index contributed by atoms with van der Waals surface area (Å²) in [6, 6.07) is 7.94. The van der Waals surface area contributed by atoms with E-state index in [4.69, 9.17) is 16.3 Å². The van der Waals surface area contributed by atoms with Gasteiger partial charge in [-0.15, -0.1) is 11.6 Å². The molecule has 0 heterocycles. The lowest BCUT2D eigenvalue weighted by Gasteiger charge is -2.10. The third-order valence-electron chi connectivity index (χ3n) is 2.31.